The molecule has 1 rings (SSSR count). The van der Waals surface area contributed by atoms with Crippen molar-refractivity contribution in [2.45, 2.75) is 38.5 Å². The van der Waals surface area contributed by atoms with E-state index < -0.39 is 0 Å². The fourth-order valence-electron chi connectivity index (χ4n) is 1.64. The zero-order valence-electron chi connectivity index (χ0n) is 12.5. The van der Waals surface area contributed by atoms with Crippen LogP contribution in [0, 0.1) is 6.92 Å². The molecule has 2 heteroatoms. The highest BCUT2D eigenvalue weighted by Gasteiger charge is 2.02. The molecular formula is C18H22OS. The number of benzene rings is 1. The van der Waals surface area contributed by atoms with Crippen molar-refractivity contribution in [2.24, 2.45) is 0 Å². The zero-order chi connectivity index (χ0) is 15.0. The summed E-state index contributed by atoms with van der Waals surface area (Å²) in [5.74, 6) is 0.132. The predicted molar refractivity (Wildman–Crippen MR) is 89.0 cm³/mol. The molecule has 0 radical (unpaired) electrons. The first-order valence-corrected chi connectivity index (χ1v) is 7.73. The van der Waals surface area contributed by atoms with Gasteiger partial charge < -0.3 is 0 Å². The number of rotatable bonds is 7. The van der Waals surface area contributed by atoms with Gasteiger partial charge in [0, 0.05) is 16.9 Å². The van der Waals surface area contributed by atoms with Gasteiger partial charge in [-0.3, -0.25) is 4.79 Å². The Balaban J connectivity index is 2.86. The molecular weight excluding hydrogens is 264 g/mol. The fraction of sp³-hybridized carbons (Fsp3) is 0.278. The minimum absolute atomic E-state index is 0.132. The second-order valence-electron chi connectivity index (χ2n) is 4.50. The van der Waals surface area contributed by atoms with Crippen molar-refractivity contribution in [1.82, 2.24) is 0 Å². The molecule has 0 saturated heterocycles. The number of hydrogen-bond donors (Lipinski definition) is 0. The fourth-order valence-corrected chi connectivity index (χ4v) is 2.50. The number of ketones is 1. The molecule has 20 heavy (non-hydrogen) atoms. The van der Waals surface area contributed by atoms with E-state index >= 15 is 0 Å². The van der Waals surface area contributed by atoms with Crippen molar-refractivity contribution in [2.75, 3.05) is 0 Å². The summed E-state index contributed by atoms with van der Waals surface area (Å²) in [4.78, 5) is 14.1. The second-order valence-corrected chi connectivity index (χ2v) is 5.70. The molecule has 0 spiro atoms. The molecule has 0 atom stereocenters. The molecule has 0 amide bonds. The summed E-state index contributed by atoms with van der Waals surface area (Å²) in [5.41, 5.74) is 1.95. The smallest absolute Gasteiger partial charge is 0.162 e. The van der Waals surface area contributed by atoms with E-state index in [1.54, 1.807) is 17.8 Å². The van der Waals surface area contributed by atoms with Crippen molar-refractivity contribution in [1.29, 1.82) is 0 Å². The molecule has 106 valence electrons. The predicted octanol–water partition coefficient (Wildman–Crippen LogP) is 5.47. The lowest BCUT2D eigenvalue weighted by molar-refractivity contribution is -0.114. The van der Waals surface area contributed by atoms with Gasteiger partial charge in [0.2, 0.25) is 0 Å². The minimum atomic E-state index is 0.132. The van der Waals surface area contributed by atoms with E-state index in [2.05, 4.69) is 44.7 Å². The maximum absolute atomic E-state index is 11.7. The van der Waals surface area contributed by atoms with Gasteiger partial charge in [0.1, 0.15) is 0 Å². The van der Waals surface area contributed by atoms with Crippen molar-refractivity contribution >= 4 is 17.5 Å². The molecule has 0 unspecified atom stereocenters. The van der Waals surface area contributed by atoms with Gasteiger partial charge in [-0.1, -0.05) is 68.1 Å². The molecule has 0 aliphatic rings. The minimum Gasteiger partial charge on any atom is -0.294 e. The van der Waals surface area contributed by atoms with Crippen LogP contribution in [0.3, 0.4) is 0 Å². The molecule has 1 aromatic rings. The van der Waals surface area contributed by atoms with Gasteiger partial charge in [-0.15, -0.1) is 0 Å². The number of aryl methyl sites for hydroxylation is 1. The first-order chi connectivity index (χ1) is 9.60. The SMILES string of the molecule is C=C/C(=C\C=C(/CC)Sc1ccc(C)cc1)C(=O)CC. The van der Waals surface area contributed by atoms with Crippen LogP contribution in [-0.4, -0.2) is 5.78 Å². The number of carbonyl (C=O) groups excluding carboxylic acids is 1. The maximum atomic E-state index is 11.7. The Morgan fingerprint density at radius 1 is 1.15 bits per heavy atom. The van der Waals surface area contributed by atoms with Crippen LogP contribution in [-0.2, 0) is 4.79 Å². The number of allylic oxidation sites excluding steroid dienone is 5. The third-order valence-electron chi connectivity index (χ3n) is 2.93. The molecule has 0 fully saturated rings. The van der Waals surface area contributed by atoms with Crippen molar-refractivity contribution in [3.8, 4) is 0 Å². The largest absolute Gasteiger partial charge is 0.294 e. The molecule has 0 saturated carbocycles. The van der Waals surface area contributed by atoms with E-state index in [0.29, 0.717) is 12.0 Å². The number of Topliss-reactive ketones (excluding diaryl/α,β-unsaturated/α-hetero) is 1. The van der Waals surface area contributed by atoms with Gasteiger partial charge in [-0.2, -0.15) is 0 Å². The van der Waals surface area contributed by atoms with Gasteiger partial charge >= 0.3 is 0 Å². The number of thioether (sulfide) groups is 1. The van der Waals surface area contributed by atoms with E-state index in [1.165, 1.54) is 15.4 Å². The average Bonchev–Trinajstić information content (AvgIpc) is 2.48. The molecule has 1 aromatic carbocycles. The maximum Gasteiger partial charge on any atom is 0.162 e. The third kappa shape index (κ3) is 5.22. The lowest BCUT2D eigenvalue weighted by atomic mass is 10.1. The summed E-state index contributed by atoms with van der Waals surface area (Å²) in [7, 11) is 0. The number of carbonyl (C=O) groups is 1. The Bertz CT molecular complexity index is 521. The molecule has 1 nitrogen and oxygen atoms in total. The van der Waals surface area contributed by atoms with E-state index in [9.17, 15) is 4.79 Å². The van der Waals surface area contributed by atoms with Crippen LogP contribution in [0.25, 0.3) is 0 Å². The summed E-state index contributed by atoms with van der Waals surface area (Å²) in [5, 5.41) is 0. The average molecular weight is 286 g/mol. The Morgan fingerprint density at radius 3 is 2.30 bits per heavy atom. The van der Waals surface area contributed by atoms with Gasteiger partial charge in [-0.05, 0) is 30.4 Å². The van der Waals surface area contributed by atoms with Crippen molar-refractivity contribution in [3.63, 3.8) is 0 Å². The first kappa shape index (κ1) is 16.5. The van der Waals surface area contributed by atoms with Gasteiger partial charge in [0.25, 0.3) is 0 Å². The van der Waals surface area contributed by atoms with Gasteiger partial charge in [0.15, 0.2) is 5.78 Å². The van der Waals surface area contributed by atoms with Crippen LogP contribution in [0.15, 0.2) is 64.4 Å². The van der Waals surface area contributed by atoms with E-state index in [0.717, 1.165) is 6.42 Å². The molecule has 0 N–H and O–H groups in total. The van der Waals surface area contributed by atoms with E-state index in [1.807, 2.05) is 19.1 Å². The van der Waals surface area contributed by atoms with Gasteiger partial charge in [0.05, 0.1) is 0 Å². The van der Waals surface area contributed by atoms with Crippen molar-refractivity contribution < 1.29 is 4.79 Å². The van der Waals surface area contributed by atoms with Crippen LogP contribution in [0.4, 0.5) is 0 Å². The summed E-state index contributed by atoms with van der Waals surface area (Å²) in [6.45, 7) is 9.77. The Morgan fingerprint density at radius 2 is 1.80 bits per heavy atom. The highest BCUT2D eigenvalue weighted by Crippen LogP contribution is 2.29. The molecule has 0 heterocycles. The Labute approximate surface area is 126 Å². The normalized spacial score (nSPS) is 12.3. The van der Waals surface area contributed by atoms with Gasteiger partial charge in [-0.25, -0.2) is 0 Å². The quantitative estimate of drug-likeness (QED) is 0.375. The van der Waals surface area contributed by atoms with E-state index in [4.69, 9.17) is 0 Å². The summed E-state index contributed by atoms with van der Waals surface area (Å²) < 4.78 is 0. The lowest BCUT2D eigenvalue weighted by Gasteiger charge is -2.04. The van der Waals surface area contributed by atoms with Crippen LogP contribution < -0.4 is 0 Å². The van der Waals surface area contributed by atoms with Crippen LogP contribution in [0.1, 0.15) is 32.3 Å². The second kappa shape index (κ2) is 8.60. The summed E-state index contributed by atoms with van der Waals surface area (Å²) in [6, 6.07) is 8.47. The third-order valence-corrected chi connectivity index (χ3v) is 4.12. The highest BCUT2D eigenvalue weighted by atomic mass is 32.2. The first-order valence-electron chi connectivity index (χ1n) is 6.91. The van der Waals surface area contributed by atoms with Crippen LogP contribution in [0.5, 0.6) is 0 Å². The molecule has 0 aromatic heterocycles. The molecule has 0 aliphatic heterocycles. The highest BCUT2D eigenvalue weighted by molar-refractivity contribution is 8.03. The Hall–Kier alpha value is -1.54. The van der Waals surface area contributed by atoms with Crippen molar-refractivity contribution in [3.05, 3.63) is 65.1 Å². The van der Waals surface area contributed by atoms with E-state index in [-0.39, 0.29) is 5.78 Å². The molecule has 0 aliphatic carbocycles. The summed E-state index contributed by atoms with van der Waals surface area (Å²) in [6.07, 6.45) is 6.98. The van der Waals surface area contributed by atoms with Crippen LogP contribution >= 0.6 is 11.8 Å². The Kier molecular flexibility index (Phi) is 7.10. The van der Waals surface area contributed by atoms with Crippen LogP contribution in [0.2, 0.25) is 0 Å². The molecule has 0 bridgehead atoms. The lowest BCUT2D eigenvalue weighted by Crippen LogP contribution is -1.96. The number of hydrogen-bond acceptors (Lipinski definition) is 2. The topological polar surface area (TPSA) is 17.1 Å². The zero-order valence-corrected chi connectivity index (χ0v) is 13.3. The summed E-state index contributed by atoms with van der Waals surface area (Å²) >= 11 is 1.74. The monoisotopic (exact) mass is 286 g/mol. The standard InChI is InChI=1S/C18H22OS/c1-5-15(18(19)7-3)10-13-16(6-2)20-17-11-8-14(4)9-12-17/h5,8-13H,1,6-7H2,2-4H3/b15-10+,16-13+.